The van der Waals surface area contributed by atoms with Crippen molar-refractivity contribution < 1.29 is 4.42 Å². The third-order valence-corrected chi connectivity index (χ3v) is 3.08. The van der Waals surface area contributed by atoms with Crippen LogP contribution in [0.2, 0.25) is 5.02 Å². The zero-order chi connectivity index (χ0) is 12.7. The Balaban J connectivity index is 2.22. The average molecular weight is 259 g/mol. The van der Waals surface area contributed by atoms with Crippen LogP contribution in [0.4, 0.5) is 5.69 Å². The van der Waals surface area contributed by atoms with E-state index in [0.29, 0.717) is 22.2 Å². The summed E-state index contributed by atoms with van der Waals surface area (Å²) in [7, 11) is 0. The number of benzene rings is 2. The van der Waals surface area contributed by atoms with Crippen molar-refractivity contribution in [2.24, 2.45) is 0 Å². The van der Waals surface area contributed by atoms with E-state index in [4.69, 9.17) is 21.8 Å². The first kappa shape index (κ1) is 11.1. The van der Waals surface area contributed by atoms with Gasteiger partial charge in [0, 0.05) is 22.3 Å². The number of anilines is 1. The predicted octanol–water partition coefficient (Wildman–Crippen LogP) is 4.04. The van der Waals surface area contributed by atoms with Gasteiger partial charge in [0.1, 0.15) is 5.52 Å². The molecule has 1 aromatic heterocycles. The van der Waals surface area contributed by atoms with Gasteiger partial charge in [0.25, 0.3) is 0 Å². The molecule has 0 saturated carbocycles. The number of nitrogens with zero attached hydrogens (tertiary/aromatic N) is 1. The van der Waals surface area contributed by atoms with Gasteiger partial charge in [-0.1, -0.05) is 17.7 Å². The Labute approximate surface area is 109 Å². The summed E-state index contributed by atoms with van der Waals surface area (Å²) in [5.41, 5.74) is 9.93. The molecule has 0 aliphatic heterocycles. The second kappa shape index (κ2) is 4.03. The second-order valence-corrected chi connectivity index (χ2v) is 4.64. The minimum atomic E-state index is 0.567. The summed E-state index contributed by atoms with van der Waals surface area (Å²) < 4.78 is 5.72. The highest BCUT2D eigenvalue weighted by Crippen LogP contribution is 2.29. The van der Waals surface area contributed by atoms with E-state index in [0.717, 1.165) is 16.6 Å². The van der Waals surface area contributed by atoms with Gasteiger partial charge in [-0.25, -0.2) is 4.98 Å². The molecule has 2 N–H and O–H groups in total. The lowest BCUT2D eigenvalue weighted by Gasteiger charge is -2.01. The summed E-state index contributed by atoms with van der Waals surface area (Å²) in [6.07, 6.45) is 0. The van der Waals surface area contributed by atoms with E-state index < -0.39 is 0 Å². The summed E-state index contributed by atoms with van der Waals surface area (Å²) in [6, 6.07) is 11.1. The Morgan fingerprint density at radius 2 is 2.00 bits per heavy atom. The van der Waals surface area contributed by atoms with E-state index in [2.05, 4.69) is 4.98 Å². The Morgan fingerprint density at radius 3 is 2.83 bits per heavy atom. The molecule has 3 rings (SSSR count). The Kier molecular flexibility index (Phi) is 2.49. The molecule has 0 atom stereocenters. The van der Waals surface area contributed by atoms with Crippen LogP contribution in [-0.4, -0.2) is 4.98 Å². The highest BCUT2D eigenvalue weighted by molar-refractivity contribution is 6.31. The van der Waals surface area contributed by atoms with Crippen LogP contribution in [0, 0.1) is 6.92 Å². The van der Waals surface area contributed by atoms with Gasteiger partial charge in [-0.15, -0.1) is 0 Å². The maximum Gasteiger partial charge on any atom is 0.227 e. The SMILES string of the molecule is Cc1ccc(N)cc1-c1nc2ccc(Cl)cc2o1. The first-order chi connectivity index (χ1) is 8.63. The molecular formula is C14H11ClN2O. The van der Waals surface area contributed by atoms with Crippen molar-refractivity contribution in [3.63, 3.8) is 0 Å². The lowest BCUT2D eigenvalue weighted by Crippen LogP contribution is -1.88. The zero-order valence-corrected chi connectivity index (χ0v) is 10.5. The number of hydrogen-bond acceptors (Lipinski definition) is 3. The summed E-state index contributed by atoms with van der Waals surface area (Å²) in [6.45, 7) is 2.00. The molecule has 18 heavy (non-hydrogen) atoms. The lowest BCUT2D eigenvalue weighted by atomic mass is 10.1. The Hall–Kier alpha value is -2.00. The molecule has 4 heteroatoms. The fourth-order valence-electron chi connectivity index (χ4n) is 1.88. The molecule has 0 fully saturated rings. The summed E-state index contributed by atoms with van der Waals surface area (Å²) in [4.78, 5) is 4.45. The van der Waals surface area contributed by atoms with E-state index in [1.165, 1.54) is 0 Å². The first-order valence-corrected chi connectivity index (χ1v) is 5.94. The van der Waals surface area contributed by atoms with Crippen molar-refractivity contribution in [2.45, 2.75) is 6.92 Å². The van der Waals surface area contributed by atoms with Gasteiger partial charge < -0.3 is 10.2 Å². The zero-order valence-electron chi connectivity index (χ0n) is 9.77. The van der Waals surface area contributed by atoms with E-state index in [1.54, 1.807) is 12.1 Å². The molecule has 0 saturated heterocycles. The smallest absolute Gasteiger partial charge is 0.227 e. The molecule has 0 aliphatic carbocycles. The molecule has 0 unspecified atom stereocenters. The van der Waals surface area contributed by atoms with Gasteiger partial charge in [0.2, 0.25) is 5.89 Å². The summed E-state index contributed by atoms with van der Waals surface area (Å²) in [5, 5.41) is 0.634. The predicted molar refractivity (Wildman–Crippen MR) is 73.6 cm³/mol. The van der Waals surface area contributed by atoms with Crippen molar-refractivity contribution >= 4 is 28.4 Å². The third-order valence-electron chi connectivity index (χ3n) is 2.84. The molecule has 3 aromatic rings. The van der Waals surface area contributed by atoms with E-state index in [9.17, 15) is 0 Å². The van der Waals surface area contributed by atoms with E-state index in [1.807, 2.05) is 31.2 Å². The molecule has 0 aliphatic rings. The number of aryl methyl sites for hydroxylation is 1. The molecule has 2 aromatic carbocycles. The number of rotatable bonds is 1. The highest BCUT2D eigenvalue weighted by atomic mass is 35.5. The normalized spacial score (nSPS) is 11.0. The maximum atomic E-state index is 5.92. The van der Waals surface area contributed by atoms with Gasteiger partial charge in [-0.05, 0) is 36.8 Å². The van der Waals surface area contributed by atoms with E-state index in [-0.39, 0.29) is 0 Å². The molecule has 0 radical (unpaired) electrons. The first-order valence-electron chi connectivity index (χ1n) is 5.56. The standard InChI is InChI=1S/C14H11ClN2O/c1-8-2-4-10(16)7-11(8)14-17-12-5-3-9(15)6-13(12)18-14/h2-7H,16H2,1H3. The topological polar surface area (TPSA) is 52.0 Å². The second-order valence-electron chi connectivity index (χ2n) is 4.21. The quantitative estimate of drug-likeness (QED) is 0.670. The molecular weight excluding hydrogens is 248 g/mol. The molecule has 90 valence electrons. The summed E-state index contributed by atoms with van der Waals surface area (Å²) >= 11 is 5.92. The monoisotopic (exact) mass is 258 g/mol. The maximum absolute atomic E-state index is 5.92. The van der Waals surface area contributed by atoms with Gasteiger partial charge >= 0.3 is 0 Å². The fourth-order valence-corrected chi connectivity index (χ4v) is 2.05. The minimum absolute atomic E-state index is 0.567. The minimum Gasteiger partial charge on any atom is -0.436 e. The number of halogens is 1. The van der Waals surface area contributed by atoms with Crippen molar-refractivity contribution in [1.82, 2.24) is 4.98 Å². The number of nitrogens with two attached hydrogens (primary N) is 1. The van der Waals surface area contributed by atoms with Crippen LogP contribution in [0.5, 0.6) is 0 Å². The van der Waals surface area contributed by atoms with E-state index >= 15 is 0 Å². The van der Waals surface area contributed by atoms with Crippen LogP contribution >= 0.6 is 11.6 Å². The molecule has 0 bridgehead atoms. The molecule has 0 amide bonds. The van der Waals surface area contributed by atoms with Gasteiger partial charge in [0.05, 0.1) is 0 Å². The fraction of sp³-hybridized carbons (Fsp3) is 0.0714. The summed E-state index contributed by atoms with van der Waals surface area (Å²) in [5.74, 6) is 0.567. The van der Waals surface area contributed by atoms with Crippen LogP contribution in [0.3, 0.4) is 0 Å². The van der Waals surface area contributed by atoms with Crippen molar-refractivity contribution in [1.29, 1.82) is 0 Å². The van der Waals surface area contributed by atoms with Crippen molar-refractivity contribution in [2.75, 3.05) is 5.73 Å². The Morgan fingerprint density at radius 1 is 1.17 bits per heavy atom. The van der Waals surface area contributed by atoms with Gasteiger partial charge in [-0.2, -0.15) is 0 Å². The average Bonchev–Trinajstić information content (AvgIpc) is 2.74. The number of fused-ring (bicyclic) bond motifs is 1. The number of nitrogen functional groups attached to an aromatic ring is 1. The van der Waals surface area contributed by atoms with Crippen LogP contribution < -0.4 is 5.73 Å². The molecule has 3 nitrogen and oxygen atoms in total. The van der Waals surface area contributed by atoms with Gasteiger partial charge in [-0.3, -0.25) is 0 Å². The van der Waals surface area contributed by atoms with Gasteiger partial charge in [0.15, 0.2) is 5.58 Å². The molecule has 0 spiro atoms. The number of aromatic nitrogens is 1. The highest BCUT2D eigenvalue weighted by Gasteiger charge is 2.11. The largest absolute Gasteiger partial charge is 0.436 e. The van der Waals surface area contributed by atoms with Crippen LogP contribution in [0.25, 0.3) is 22.6 Å². The lowest BCUT2D eigenvalue weighted by molar-refractivity contribution is 0.619. The van der Waals surface area contributed by atoms with Crippen LogP contribution in [0.15, 0.2) is 40.8 Å². The van der Waals surface area contributed by atoms with Crippen molar-refractivity contribution in [3.8, 4) is 11.5 Å². The third kappa shape index (κ3) is 1.83. The van der Waals surface area contributed by atoms with Crippen LogP contribution in [0.1, 0.15) is 5.56 Å². The molecule has 1 heterocycles. The van der Waals surface area contributed by atoms with Crippen molar-refractivity contribution in [3.05, 3.63) is 47.0 Å². The van der Waals surface area contributed by atoms with Crippen LogP contribution in [-0.2, 0) is 0 Å². The number of hydrogen-bond donors (Lipinski definition) is 1. The number of oxazole rings is 1. The Bertz CT molecular complexity index is 734.